The summed E-state index contributed by atoms with van der Waals surface area (Å²) in [6.07, 6.45) is 2.92. The van der Waals surface area contributed by atoms with E-state index < -0.39 is 0 Å². The Hall–Kier alpha value is -1.92. The summed E-state index contributed by atoms with van der Waals surface area (Å²) < 4.78 is 5.49. The Morgan fingerprint density at radius 3 is 2.56 bits per heavy atom. The van der Waals surface area contributed by atoms with Crippen molar-refractivity contribution in [3.8, 4) is 0 Å². The standard InChI is InChI=1S/C19H26N4O2/c1-22(13-14-5-4-8-17(14)24)18-19(23-9-11-25-12-10-23)21-16-7-3-2-6-15(16)20-18/h2-3,6-7,14,17,24H,4-5,8-13H2,1H3/t14-,17+/m0/s1. The Bertz CT molecular complexity index is 732. The highest BCUT2D eigenvalue weighted by atomic mass is 16.5. The zero-order valence-electron chi connectivity index (χ0n) is 14.8. The number of aromatic nitrogens is 2. The van der Waals surface area contributed by atoms with Crippen LogP contribution < -0.4 is 9.80 Å². The molecule has 6 nitrogen and oxygen atoms in total. The number of nitrogens with zero attached hydrogens (tertiary/aromatic N) is 4. The van der Waals surface area contributed by atoms with Crippen LogP contribution in [0, 0.1) is 5.92 Å². The van der Waals surface area contributed by atoms with Crippen LogP contribution in [0.25, 0.3) is 11.0 Å². The molecule has 1 aromatic heterocycles. The highest BCUT2D eigenvalue weighted by Crippen LogP contribution is 2.31. The monoisotopic (exact) mass is 342 g/mol. The van der Waals surface area contributed by atoms with Gasteiger partial charge in [-0.05, 0) is 25.0 Å². The smallest absolute Gasteiger partial charge is 0.172 e. The summed E-state index contributed by atoms with van der Waals surface area (Å²) in [5, 5.41) is 10.2. The Balaban J connectivity index is 1.69. The van der Waals surface area contributed by atoms with Crippen LogP contribution in [0.5, 0.6) is 0 Å². The molecule has 2 atom stereocenters. The van der Waals surface area contributed by atoms with Gasteiger partial charge in [-0.3, -0.25) is 0 Å². The van der Waals surface area contributed by atoms with Crippen LogP contribution in [0.1, 0.15) is 19.3 Å². The van der Waals surface area contributed by atoms with Crippen LogP contribution in [-0.4, -0.2) is 61.1 Å². The van der Waals surface area contributed by atoms with Crippen molar-refractivity contribution in [1.29, 1.82) is 0 Å². The molecule has 1 aromatic carbocycles. The molecule has 2 aliphatic rings. The second-order valence-corrected chi connectivity index (χ2v) is 7.10. The molecule has 0 spiro atoms. The van der Waals surface area contributed by atoms with E-state index in [0.29, 0.717) is 5.92 Å². The number of hydrogen-bond acceptors (Lipinski definition) is 6. The van der Waals surface area contributed by atoms with Crippen molar-refractivity contribution in [2.45, 2.75) is 25.4 Å². The predicted octanol–water partition coefficient (Wildman–Crippen LogP) is 2.06. The third-order valence-electron chi connectivity index (χ3n) is 5.33. The van der Waals surface area contributed by atoms with Gasteiger partial charge in [0.05, 0.1) is 30.4 Å². The number of rotatable bonds is 4. The van der Waals surface area contributed by atoms with Crippen molar-refractivity contribution in [2.24, 2.45) is 5.92 Å². The first-order valence-corrected chi connectivity index (χ1v) is 9.21. The zero-order chi connectivity index (χ0) is 17.2. The average molecular weight is 342 g/mol. The summed E-state index contributed by atoms with van der Waals surface area (Å²) in [6.45, 7) is 3.92. The molecule has 25 heavy (non-hydrogen) atoms. The molecule has 134 valence electrons. The number of morpholine rings is 1. The van der Waals surface area contributed by atoms with Gasteiger partial charge in [0, 0.05) is 32.6 Å². The summed E-state index contributed by atoms with van der Waals surface area (Å²) >= 11 is 0. The minimum Gasteiger partial charge on any atom is -0.393 e. The van der Waals surface area contributed by atoms with Gasteiger partial charge in [-0.1, -0.05) is 18.6 Å². The molecule has 6 heteroatoms. The van der Waals surface area contributed by atoms with Crippen LogP contribution in [0.4, 0.5) is 11.6 Å². The molecule has 0 bridgehead atoms. The SMILES string of the molecule is CN(C[C@@H]1CCC[C@H]1O)c1nc2ccccc2nc1N1CCOCC1. The molecule has 1 saturated heterocycles. The van der Waals surface area contributed by atoms with Crippen LogP contribution >= 0.6 is 0 Å². The van der Waals surface area contributed by atoms with E-state index in [1.54, 1.807) is 0 Å². The molecule has 1 N–H and O–H groups in total. The van der Waals surface area contributed by atoms with Crippen molar-refractivity contribution >= 4 is 22.7 Å². The number of fused-ring (bicyclic) bond motifs is 1. The second kappa shape index (κ2) is 7.14. The van der Waals surface area contributed by atoms with Crippen LogP contribution in [-0.2, 0) is 4.74 Å². The summed E-state index contributed by atoms with van der Waals surface area (Å²) in [4.78, 5) is 14.3. The van der Waals surface area contributed by atoms with E-state index in [0.717, 1.165) is 74.8 Å². The van der Waals surface area contributed by atoms with E-state index in [1.165, 1.54) is 0 Å². The molecular formula is C19H26N4O2. The third-order valence-corrected chi connectivity index (χ3v) is 5.33. The van der Waals surface area contributed by atoms with E-state index in [-0.39, 0.29) is 6.10 Å². The molecule has 2 fully saturated rings. The topological polar surface area (TPSA) is 61.7 Å². The lowest BCUT2D eigenvalue weighted by atomic mass is 10.1. The van der Waals surface area contributed by atoms with Crippen molar-refractivity contribution in [3.05, 3.63) is 24.3 Å². The fourth-order valence-electron chi connectivity index (χ4n) is 3.89. The van der Waals surface area contributed by atoms with Crippen LogP contribution in [0.15, 0.2) is 24.3 Å². The first kappa shape index (κ1) is 16.5. The lowest BCUT2D eigenvalue weighted by Crippen LogP contribution is -2.39. The minimum absolute atomic E-state index is 0.192. The fraction of sp³-hybridized carbons (Fsp3) is 0.579. The number of para-hydroxylation sites is 2. The lowest BCUT2D eigenvalue weighted by Gasteiger charge is -2.32. The summed E-state index contributed by atoms with van der Waals surface area (Å²) in [6, 6.07) is 8.01. The van der Waals surface area contributed by atoms with Crippen LogP contribution in [0.2, 0.25) is 0 Å². The Labute approximate surface area is 148 Å². The molecule has 1 aliphatic carbocycles. The molecular weight excluding hydrogens is 316 g/mol. The maximum Gasteiger partial charge on any atom is 0.172 e. The fourth-order valence-corrected chi connectivity index (χ4v) is 3.89. The largest absolute Gasteiger partial charge is 0.393 e. The quantitative estimate of drug-likeness (QED) is 0.918. The molecule has 0 amide bonds. The van der Waals surface area contributed by atoms with E-state index in [4.69, 9.17) is 14.7 Å². The first-order chi connectivity index (χ1) is 12.2. The van der Waals surface area contributed by atoms with Crippen molar-refractivity contribution < 1.29 is 9.84 Å². The maximum absolute atomic E-state index is 10.2. The normalized spacial score (nSPS) is 24.0. The van der Waals surface area contributed by atoms with Gasteiger partial charge in [-0.15, -0.1) is 0 Å². The number of benzene rings is 1. The Morgan fingerprint density at radius 2 is 1.88 bits per heavy atom. The van der Waals surface area contributed by atoms with Crippen LogP contribution in [0.3, 0.4) is 0 Å². The van der Waals surface area contributed by atoms with E-state index in [9.17, 15) is 5.11 Å². The number of aliphatic hydroxyl groups excluding tert-OH is 1. The van der Waals surface area contributed by atoms with Gasteiger partial charge in [0.15, 0.2) is 11.6 Å². The summed E-state index contributed by atoms with van der Waals surface area (Å²) in [7, 11) is 2.06. The number of aliphatic hydroxyl groups is 1. The lowest BCUT2D eigenvalue weighted by molar-refractivity contribution is 0.122. The maximum atomic E-state index is 10.2. The molecule has 0 unspecified atom stereocenters. The summed E-state index contributed by atoms with van der Waals surface area (Å²) in [5.41, 5.74) is 1.83. The van der Waals surface area contributed by atoms with Crippen molar-refractivity contribution in [2.75, 3.05) is 49.7 Å². The average Bonchev–Trinajstić information content (AvgIpc) is 3.06. The van der Waals surface area contributed by atoms with E-state index in [1.807, 2.05) is 24.3 Å². The highest BCUT2D eigenvalue weighted by molar-refractivity contribution is 5.80. The van der Waals surface area contributed by atoms with Gasteiger partial charge >= 0.3 is 0 Å². The van der Waals surface area contributed by atoms with Gasteiger partial charge < -0.3 is 19.6 Å². The van der Waals surface area contributed by atoms with Gasteiger partial charge in [0.2, 0.25) is 0 Å². The number of anilines is 2. The van der Waals surface area contributed by atoms with Gasteiger partial charge in [-0.25, -0.2) is 9.97 Å². The van der Waals surface area contributed by atoms with Crippen molar-refractivity contribution in [3.63, 3.8) is 0 Å². The van der Waals surface area contributed by atoms with Gasteiger partial charge in [-0.2, -0.15) is 0 Å². The minimum atomic E-state index is -0.192. The van der Waals surface area contributed by atoms with E-state index >= 15 is 0 Å². The number of hydrogen-bond donors (Lipinski definition) is 1. The van der Waals surface area contributed by atoms with E-state index in [2.05, 4.69) is 16.8 Å². The molecule has 2 aromatic rings. The first-order valence-electron chi connectivity index (χ1n) is 9.21. The summed E-state index contributed by atoms with van der Waals surface area (Å²) in [5.74, 6) is 2.15. The van der Waals surface area contributed by atoms with Crippen molar-refractivity contribution in [1.82, 2.24) is 9.97 Å². The van der Waals surface area contributed by atoms with Gasteiger partial charge in [0.1, 0.15) is 0 Å². The molecule has 1 saturated carbocycles. The number of ether oxygens (including phenoxy) is 1. The van der Waals surface area contributed by atoms with Gasteiger partial charge in [0.25, 0.3) is 0 Å². The molecule has 0 radical (unpaired) electrons. The highest BCUT2D eigenvalue weighted by Gasteiger charge is 2.28. The second-order valence-electron chi connectivity index (χ2n) is 7.10. The predicted molar refractivity (Wildman–Crippen MR) is 99.2 cm³/mol. The molecule has 1 aliphatic heterocycles. The molecule has 4 rings (SSSR count). The molecule has 2 heterocycles. The third kappa shape index (κ3) is 3.41. The zero-order valence-corrected chi connectivity index (χ0v) is 14.8. The Morgan fingerprint density at radius 1 is 1.16 bits per heavy atom. The Kier molecular flexibility index (Phi) is 4.72.